The second-order valence-electron chi connectivity index (χ2n) is 6.18. The molecule has 0 N–H and O–H groups in total. The van der Waals surface area contributed by atoms with Gasteiger partial charge in [0.2, 0.25) is 0 Å². The van der Waals surface area contributed by atoms with Crippen LogP contribution in [0.15, 0.2) is 60.7 Å². The first-order valence-corrected chi connectivity index (χ1v) is 8.48. The van der Waals surface area contributed by atoms with E-state index in [4.69, 9.17) is 4.74 Å². The number of hydrogen-bond acceptors (Lipinski definition) is 3. The van der Waals surface area contributed by atoms with Gasteiger partial charge in [0.05, 0.1) is 6.54 Å². The van der Waals surface area contributed by atoms with Crippen LogP contribution in [0.1, 0.15) is 21.7 Å². The average molecular weight is 351 g/mol. The van der Waals surface area contributed by atoms with Gasteiger partial charge in [0.25, 0.3) is 5.91 Å². The highest BCUT2D eigenvalue weighted by atomic mass is 19.1. The predicted octanol–water partition coefficient (Wildman–Crippen LogP) is 3.26. The Hall–Kier alpha value is -3.15. The number of ether oxygens (including phenoxy) is 1. The van der Waals surface area contributed by atoms with Crippen molar-refractivity contribution in [3.8, 4) is 5.75 Å². The van der Waals surface area contributed by atoms with Gasteiger partial charge in [0.15, 0.2) is 11.6 Å². The smallest absolute Gasteiger partial charge is 0.272 e. The Morgan fingerprint density at radius 2 is 1.81 bits per heavy atom. The summed E-state index contributed by atoms with van der Waals surface area (Å²) >= 11 is 0. The molecule has 0 unspecified atom stereocenters. The number of aromatic nitrogens is 2. The van der Waals surface area contributed by atoms with Crippen LogP contribution in [0, 0.1) is 5.82 Å². The SMILES string of the molecule is O=C1c2cc(COc3ccccc3F)nn2CCN1Cc1ccccc1. The lowest BCUT2D eigenvalue weighted by Crippen LogP contribution is -2.39. The van der Waals surface area contributed by atoms with Crippen molar-refractivity contribution in [2.24, 2.45) is 0 Å². The fourth-order valence-corrected chi connectivity index (χ4v) is 3.03. The summed E-state index contributed by atoms with van der Waals surface area (Å²) < 4.78 is 20.8. The third-order valence-corrected chi connectivity index (χ3v) is 4.35. The number of fused-ring (bicyclic) bond motifs is 1. The van der Waals surface area contributed by atoms with E-state index in [1.54, 1.807) is 28.9 Å². The summed E-state index contributed by atoms with van der Waals surface area (Å²) in [6, 6.07) is 17.9. The van der Waals surface area contributed by atoms with Gasteiger partial charge in [-0.3, -0.25) is 9.48 Å². The van der Waals surface area contributed by atoms with E-state index in [2.05, 4.69) is 5.10 Å². The van der Waals surface area contributed by atoms with Gasteiger partial charge in [0.1, 0.15) is 18.0 Å². The Bertz CT molecular complexity index is 924. The zero-order valence-corrected chi connectivity index (χ0v) is 14.1. The number of nitrogens with zero attached hydrogens (tertiary/aromatic N) is 3. The van der Waals surface area contributed by atoms with E-state index in [1.807, 2.05) is 35.2 Å². The molecule has 0 atom stereocenters. The van der Waals surface area contributed by atoms with Crippen LogP contribution in [0.3, 0.4) is 0 Å². The zero-order valence-electron chi connectivity index (χ0n) is 14.1. The molecule has 6 heteroatoms. The maximum atomic E-state index is 13.6. The molecule has 0 saturated heterocycles. The first-order chi connectivity index (χ1) is 12.7. The Labute approximate surface area is 150 Å². The van der Waals surface area contributed by atoms with Crippen LogP contribution in [0.4, 0.5) is 4.39 Å². The number of hydrogen-bond donors (Lipinski definition) is 0. The molecular formula is C20H18FN3O2. The molecule has 1 aliphatic heterocycles. The minimum Gasteiger partial charge on any atom is -0.484 e. The molecular weight excluding hydrogens is 333 g/mol. The second kappa shape index (κ2) is 7.00. The average Bonchev–Trinajstić information content (AvgIpc) is 3.08. The summed E-state index contributed by atoms with van der Waals surface area (Å²) in [6.07, 6.45) is 0. The van der Waals surface area contributed by atoms with Crippen LogP contribution in [0.2, 0.25) is 0 Å². The van der Waals surface area contributed by atoms with Crippen LogP contribution >= 0.6 is 0 Å². The van der Waals surface area contributed by atoms with Crippen molar-refractivity contribution >= 4 is 5.91 Å². The first-order valence-electron chi connectivity index (χ1n) is 8.48. The van der Waals surface area contributed by atoms with Gasteiger partial charge < -0.3 is 9.64 Å². The van der Waals surface area contributed by atoms with Gasteiger partial charge in [-0.2, -0.15) is 5.10 Å². The van der Waals surface area contributed by atoms with Crippen LogP contribution in [0.25, 0.3) is 0 Å². The van der Waals surface area contributed by atoms with E-state index in [1.165, 1.54) is 6.07 Å². The monoisotopic (exact) mass is 351 g/mol. The highest BCUT2D eigenvalue weighted by Crippen LogP contribution is 2.19. The lowest BCUT2D eigenvalue weighted by atomic mass is 10.2. The van der Waals surface area contributed by atoms with E-state index in [0.29, 0.717) is 31.0 Å². The molecule has 132 valence electrons. The predicted molar refractivity (Wildman–Crippen MR) is 94.1 cm³/mol. The van der Waals surface area contributed by atoms with Gasteiger partial charge in [-0.1, -0.05) is 42.5 Å². The van der Waals surface area contributed by atoms with Crippen molar-refractivity contribution in [2.75, 3.05) is 6.54 Å². The van der Waals surface area contributed by atoms with Gasteiger partial charge in [-0.15, -0.1) is 0 Å². The fraction of sp³-hybridized carbons (Fsp3) is 0.200. The van der Waals surface area contributed by atoms with E-state index >= 15 is 0 Å². The van der Waals surface area contributed by atoms with Crippen molar-refractivity contribution in [2.45, 2.75) is 19.7 Å². The standard InChI is InChI=1S/C20H18FN3O2/c21-17-8-4-5-9-19(17)26-14-16-12-18-20(25)23(10-11-24(18)22-16)13-15-6-2-1-3-7-15/h1-9,12H,10-11,13-14H2. The summed E-state index contributed by atoms with van der Waals surface area (Å²) in [5.74, 6) is -0.290. The molecule has 1 aliphatic rings. The lowest BCUT2D eigenvalue weighted by Gasteiger charge is -2.27. The largest absolute Gasteiger partial charge is 0.484 e. The van der Waals surface area contributed by atoms with Crippen LogP contribution in [0.5, 0.6) is 5.75 Å². The highest BCUT2D eigenvalue weighted by molar-refractivity contribution is 5.93. The Morgan fingerprint density at radius 3 is 2.62 bits per heavy atom. The number of rotatable bonds is 5. The topological polar surface area (TPSA) is 47.4 Å². The lowest BCUT2D eigenvalue weighted by molar-refractivity contribution is 0.0683. The Morgan fingerprint density at radius 1 is 1.04 bits per heavy atom. The minimum atomic E-state index is -0.415. The van der Waals surface area contributed by atoms with Crippen molar-refractivity contribution in [1.29, 1.82) is 0 Å². The molecule has 0 spiro atoms. The molecule has 1 amide bonds. The van der Waals surface area contributed by atoms with E-state index in [-0.39, 0.29) is 18.3 Å². The molecule has 5 nitrogen and oxygen atoms in total. The molecule has 1 aromatic heterocycles. The van der Waals surface area contributed by atoms with Crippen LogP contribution < -0.4 is 4.74 Å². The van der Waals surface area contributed by atoms with Gasteiger partial charge >= 0.3 is 0 Å². The third-order valence-electron chi connectivity index (χ3n) is 4.35. The first kappa shape index (κ1) is 16.3. The second-order valence-corrected chi connectivity index (χ2v) is 6.18. The van der Waals surface area contributed by atoms with Crippen molar-refractivity contribution in [1.82, 2.24) is 14.7 Å². The number of amides is 1. The number of benzene rings is 2. The molecule has 0 radical (unpaired) electrons. The molecule has 0 aliphatic carbocycles. The quantitative estimate of drug-likeness (QED) is 0.709. The summed E-state index contributed by atoms with van der Waals surface area (Å²) in [5, 5.41) is 4.41. The molecule has 2 heterocycles. The molecule has 4 rings (SSSR count). The molecule has 2 aromatic carbocycles. The maximum Gasteiger partial charge on any atom is 0.272 e. The number of carbonyl (C=O) groups is 1. The molecule has 26 heavy (non-hydrogen) atoms. The van der Waals surface area contributed by atoms with Gasteiger partial charge in [-0.05, 0) is 23.8 Å². The highest BCUT2D eigenvalue weighted by Gasteiger charge is 2.26. The van der Waals surface area contributed by atoms with Crippen molar-refractivity contribution < 1.29 is 13.9 Å². The van der Waals surface area contributed by atoms with E-state index in [0.717, 1.165) is 5.56 Å². The summed E-state index contributed by atoms with van der Waals surface area (Å²) in [4.78, 5) is 14.5. The molecule has 0 fully saturated rings. The molecule has 0 saturated carbocycles. The number of carbonyl (C=O) groups excluding carboxylic acids is 1. The zero-order chi connectivity index (χ0) is 17.9. The maximum absolute atomic E-state index is 13.6. The van der Waals surface area contributed by atoms with E-state index in [9.17, 15) is 9.18 Å². The number of halogens is 1. The van der Waals surface area contributed by atoms with Crippen LogP contribution in [-0.2, 0) is 19.7 Å². The fourth-order valence-electron chi connectivity index (χ4n) is 3.03. The Kier molecular flexibility index (Phi) is 4.39. The van der Waals surface area contributed by atoms with Crippen LogP contribution in [-0.4, -0.2) is 27.1 Å². The normalized spacial score (nSPS) is 13.6. The van der Waals surface area contributed by atoms with Crippen molar-refractivity contribution in [3.05, 3.63) is 83.4 Å². The summed E-state index contributed by atoms with van der Waals surface area (Å²) in [5.41, 5.74) is 2.24. The van der Waals surface area contributed by atoms with Crippen molar-refractivity contribution in [3.63, 3.8) is 0 Å². The number of para-hydroxylation sites is 1. The minimum absolute atomic E-state index is 0.0512. The summed E-state index contributed by atoms with van der Waals surface area (Å²) in [7, 11) is 0. The van der Waals surface area contributed by atoms with Gasteiger partial charge in [0, 0.05) is 13.1 Å². The Balaban J connectivity index is 1.46. The summed E-state index contributed by atoms with van der Waals surface area (Å²) in [6.45, 7) is 1.93. The van der Waals surface area contributed by atoms with Gasteiger partial charge in [-0.25, -0.2) is 4.39 Å². The molecule has 3 aromatic rings. The van der Waals surface area contributed by atoms with E-state index < -0.39 is 5.82 Å². The molecule has 0 bridgehead atoms. The third kappa shape index (κ3) is 3.31.